The van der Waals surface area contributed by atoms with E-state index in [1.54, 1.807) is 12.1 Å². The van der Waals surface area contributed by atoms with E-state index in [1.807, 2.05) is 66.7 Å². The van der Waals surface area contributed by atoms with Crippen molar-refractivity contribution in [3.63, 3.8) is 0 Å². The number of hydrogen-bond donors (Lipinski definition) is 2. The van der Waals surface area contributed by atoms with Gasteiger partial charge in [-0.05, 0) is 29.3 Å². The molecule has 110 valence electrons. The molecule has 0 aromatic heterocycles. The maximum atomic E-state index is 6.19. The van der Waals surface area contributed by atoms with Gasteiger partial charge in [0.2, 0.25) is 0 Å². The first-order valence-corrected chi connectivity index (χ1v) is 7.15. The van der Waals surface area contributed by atoms with Gasteiger partial charge in [0, 0.05) is 5.69 Å². The van der Waals surface area contributed by atoms with Crippen LogP contribution in [0.4, 0.5) is 11.4 Å². The van der Waals surface area contributed by atoms with Crippen LogP contribution in [0.1, 0.15) is 17.2 Å². The molecule has 0 bridgehead atoms. The van der Waals surface area contributed by atoms with Gasteiger partial charge in [-0.3, -0.25) is 0 Å². The van der Waals surface area contributed by atoms with Crippen LogP contribution in [0.2, 0.25) is 0 Å². The zero-order valence-electron chi connectivity index (χ0n) is 12.1. The van der Waals surface area contributed by atoms with Crippen molar-refractivity contribution in [3.05, 3.63) is 90.0 Å². The number of benzene rings is 3. The van der Waals surface area contributed by atoms with Crippen LogP contribution in [0.15, 0.2) is 78.9 Å². The third-order valence-electron chi connectivity index (χ3n) is 3.48. The Bertz CT molecular complexity index is 702. The highest BCUT2D eigenvalue weighted by atomic mass is 16.5. The Hall–Kier alpha value is -2.94. The van der Waals surface area contributed by atoms with Gasteiger partial charge in [-0.1, -0.05) is 60.7 Å². The van der Waals surface area contributed by atoms with Crippen LogP contribution in [0.25, 0.3) is 0 Å². The van der Waals surface area contributed by atoms with Crippen LogP contribution >= 0.6 is 0 Å². The summed E-state index contributed by atoms with van der Waals surface area (Å²) in [5.74, 6) is 0.631. The number of ether oxygens (including phenoxy) is 1. The lowest BCUT2D eigenvalue weighted by molar-refractivity contribution is 0.249. The van der Waals surface area contributed by atoms with E-state index >= 15 is 0 Å². The predicted molar refractivity (Wildman–Crippen MR) is 90.6 cm³/mol. The van der Waals surface area contributed by atoms with Crippen LogP contribution in [0.5, 0.6) is 5.75 Å². The molecule has 4 N–H and O–H groups in total. The molecule has 0 heterocycles. The fraction of sp³-hybridized carbons (Fsp3) is 0.0526. The van der Waals surface area contributed by atoms with Gasteiger partial charge in [0.25, 0.3) is 0 Å². The summed E-state index contributed by atoms with van der Waals surface area (Å²) in [4.78, 5) is 0. The molecule has 0 saturated carbocycles. The van der Waals surface area contributed by atoms with Crippen molar-refractivity contribution in [1.29, 1.82) is 0 Å². The lowest BCUT2D eigenvalue weighted by Gasteiger charge is -2.21. The number of nitrogens with two attached hydrogens (primary N) is 2. The highest BCUT2D eigenvalue weighted by Crippen LogP contribution is 2.32. The van der Waals surface area contributed by atoms with Crippen LogP contribution < -0.4 is 16.2 Å². The average Bonchev–Trinajstić information content (AvgIpc) is 2.56. The van der Waals surface area contributed by atoms with Gasteiger partial charge < -0.3 is 16.2 Å². The lowest BCUT2D eigenvalue weighted by Crippen LogP contribution is -2.10. The highest BCUT2D eigenvalue weighted by Gasteiger charge is 2.16. The van der Waals surface area contributed by atoms with E-state index in [2.05, 4.69) is 0 Å². The molecule has 3 nitrogen and oxygen atoms in total. The molecular weight excluding hydrogens is 272 g/mol. The van der Waals surface area contributed by atoms with Crippen LogP contribution in [0, 0.1) is 0 Å². The number of nitrogen functional groups attached to an aromatic ring is 2. The third-order valence-corrected chi connectivity index (χ3v) is 3.48. The summed E-state index contributed by atoms with van der Waals surface area (Å²) in [6, 6.07) is 25.5. The summed E-state index contributed by atoms with van der Waals surface area (Å²) < 4.78 is 6.19. The first-order chi connectivity index (χ1) is 10.7. The number of anilines is 2. The molecule has 0 saturated heterocycles. The molecule has 22 heavy (non-hydrogen) atoms. The molecule has 3 rings (SSSR count). The minimum Gasteiger partial charge on any atom is -0.479 e. The van der Waals surface area contributed by atoms with E-state index in [-0.39, 0.29) is 6.10 Å². The van der Waals surface area contributed by atoms with Crippen molar-refractivity contribution in [3.8, 4) is 5.75 Å². The first-order valence-electron chi connectivity index (χ1n) is 7.15. The molecule has 0 radical (unpaired) electrons. The van der Waals surface area contributed by atoms with E-state index in [0.29, 0.717) is 17.1 Å². The molecule has 0 aliphatic carbocycles. The Kier molecular flexibility index (Phi) is 3.97. The standard InChI is InChI=1S/C19H18N2O/c20-16-11-12-18(17(21)13-16)22-19(14-7-3-1-4-8-14)15-9-5-2-6-10-15/h1-13,19H,20-21H2. The Morgan fingerprint density at radius 3 is 1.73 bits per heavy atom. The quantitative estimate of drug-likeness (QED) is 0.713. The molecule has 0 atom stereocenters. The average molecular weight is 290 g/mol. The summed E-state index contributed by atoms with van der Waals surface area (Å²) in [5, 5.41) is 0. The zero-order chi connectivity index (χ0) is 15.4. The monoisotopic (exact) mass is 290 g/mol. The van der Waals surface area contributed by atoms with Gasteiger partial charge in [0.15, 0.2) is 0 Å². The first kappa shape index (κ1) is 14.0. The summed E-state index contributed by atoms with van der Waals surface area (Å²) in [5.41, 5.74) is 15.1. The Morgan fingerprint density at radius 1 is 0.682 bits per heavy atom. The van der Waals surface area contributed by atoms with Gasteiger partial charge in [-0.25, -0.2) is 0 Å². The SMILES string of the molecule is Nc1ccc(OC(c2ccccc2)c2ccccc2)c(N)c1. The van der Waals surface area contributed by atoms with Crippen molar-refractivity contribution >= 4 is 11.4 Å². The van der Waals surface area contributed by atoms with Gasteiger partial charge >= 0.3 is 0 Å². The van der Waals surface area contributed by atoms with Gasteiger partial charge in [-0.2, -0.15) is 0 Å². The maximum Gasteiger partial charge on any atom is 0.149 e. The van der Waals surface area contributed by atoms with Crippen LogP contribution in [-0.2, 0) is 0 Å². The fourth-order valence-electron chi connectivity index (χ4n) is 2.39. The second-order valence-electron chi connectivity index (χ2n) is 5.12. The van der Waals surface area contributed by atoms with Crippen molar-refractivity contribution in [2.24, 2.45) is 0 Å². The molecule has 0 fully saturated rings. The lowest BCUT2D eigenvalue weighted by atomic mass is 10.0. The van der Waals surface area contributed by atoms with Crippen molar-refractivity contribution in [2.75, 3.05) is 11.5 Å². The van der Waals surface area contributed by atoms with E-state index in [1.165, 1.54) is 0 Å². The number of rotatable bonds is 4. The van der Waals surface area contributed by atoms with E-state index in [0.717, 1.165) is 11.1 Å². The molecule has 3 aromatic carbocycles. The minimum absolute atomic E-state index is 0.215. The van der Waals surface area contributed by atoms with Crippen molar-refractivity contribution in [2.45, 2.75) is 6.10 Å². The van der Waals surface area contributed by atoms with Gasteiger partial charge in [-0.15, -0.1) is 0 Å². The van der Waals surface area contributed by atoms with E-state index < -0.39 is 0 Å². The topological polar surface area (TPSA) is 61.3 Å². The third kappa shape index (κ3) is 3.04. The normalized spacial score (nSPS) is 10.6. The second kappa shape index (κ2) is 6.22. The Morgan fingerprint density at radius 2 is 1.23 bits per heavy atom. The molecule has 0 spiro atoms. The summed E-state index contributed by atoms with van der Waals surface area (Å²) >= 11 is 0. The Balaban J connectivity index is 1.99. The minimum atomic E-state index is -0.215. The Labute approximate surface area is 130 Å². The van der Waals surface area contributed by atoms with E-state index in [9.17, 15) is 0 Å². The molecule has 3 heteroatoms. The highest BCUT2D eigenvalue weighted by molar-refractivity contribution is 5.60. The van der Waals surface area contributed by atoms with Crippen LogP contribution in [-0.4, -0.2) is 0 Å². The van der Waals surface area contributed by atoms with Crippen molar-refractivity contribution < 1.29 is 4.74 Å². The summed E-state index contributed by atoms with van der Waals surface area (Å²) in [6.07, 6.45) is -0.215. The fourth-order valence-corrected chi connectivity index (χ4v) is 2.39. The summed E-state index contributed by atoms with van der Waals surface area (Å²) in [7, 11) is 0. The largest absolute Gasteiger partial charge is 0.479 e. The number of hydrogen-bond acceptors (Lipinski definition) is 3. The molecule has 3 aromatic rings. The zero-order valence-corrected chi connectivity index (χ0v) is 12.1. The molecule has 0 unspecified atom stereocenters. The van der Waals surface area contributed by atoms with Gasteiger partial charge in [0.05, 0.1) is 5.69 Å². The van der Waals surface area contributed by atoms with Crippen molar-refractivity contribution in [1.82, 2.24) is 0 Å². The molecule has 0 aliphatic heterocycles. The van der Waals surface area contributed by atoms with E-state index in [4.69, 9.17) is 16.2 Å². The second-order valence-corrected chi connectivity index (χ2v) is 5.12. The van der Waals surface area contributed by atoms with Gasteiger partial charge in [0.1, 0.15) is 11.9 Å². The predicted octanol–water partition coefficient (Wildman–Crippen LogP) is 4.02. The maximum absolute atomic E-state index is 6.19. The van der Waals surface area contributed by atoms with Crippen LogP contribution in [0.3, 0.4) is 0 Å². The smallest absolute Gasteiger partial charge is 0.149 e. The molecule has 0 amide bonds. The summed E-state index contributed by atoms with van der Waals surface area (Å²) in [6.45, 7) is 0. The molecular formula is C19H18N2O. The molecule has 0 aliphatic rings.